The number of rotatable bonds is 7. The smallest absolute Gasteiger partial charge is 0.325 e. The van der Waals surface area contributed by atoms with E-state index in [2.05, 4.69) is 0 Å². The highest BCUT2D eigenvalue weighted by molar-refractivity contribution is 5.77. The van der Waals surface area contributed by atoms with E-state index >= 15 is 0 Å². The van der Waals surface area contributed by atoms with Crippen LogP contribution in [0.15, 0.2) is 0 Å². The van der Waals surface area contributed by atoms with Crippen LogP contribution >= 0.6 is 0 Å². The van der Waals surface area contributed by atoms with Crippen molar-refractivity contribution in [1.82, 2.24) is 5.06 Å². The van der Waals surface area contributed by atoms with E-state index < -0.39 is 18.0 Å². The maximum atomic E-state index is 11.2. The summed E-state index contributed by atoms with van der Waals surface area (Å²) in [7, 11) is 3.21. The van der Waals surface area contributed by atoms with E-state index in [9.17, 15) is 9.59 Å². The highest BCUT2D eigenvalue weighted by atomic mass is 16.7. The molecule has 0 aliphatic heterocycles. The molecule has 0 rings (SSSR count). The number of nitrogens with two attached hydrogens (primary N) is 1. The summed E-state index contributed by atoms with van der Waals surface area (Å²) in [4.78, 5) is 27.1. The van der Waals surface area contributed by atoms with E-state index in [-0.39, 0.29) is 12.8 Å². The van der Waals surface area contributed by atoms with E-state index in [1.165, 1.54) is 5.06 Å². The van der Waals surface area contributed by atoms with Crippen LogP contribution in [-0.4, -0.2) is 43.7 Å². The molecule has 0 amide bonds. The van der Waals surface area contributed by atoms with Crippen LogP contribution in [0.2, 0.25) is 0 Å². The van der Waals surface area contributed by atoms with Crippen molar-refractivity contribution in [3.63, 3.8) is 0 Å². The summed E-state index contributed by atoms with van der Waals surface area (Å²) in [6, 6.07) is -0.763. The van der Waals surface area contributed by atoms with Gasteiger partial charge in [-0.15, -0.1) is 5.06 Å². The lowest BCUT2D eigenvalue weighted by Crippen LogP contribution is -2.33. The molecular weight excluding hydrogens is 212 g/mol. The average molecular weight is 232 g/mol. The topological polar surface area (TPSA) is 81.9 Å². The minimum Gasteiger partial charge on any atom is -0.465 e. The van der Waals surface area contributed by atoms with Crippen LogP contribution in [0.25, 0.3) is 0 Å². The first kappa shape index (κ1) is 14.9. The molecule has 0 radical (unpaired) electrons. The molecule has 6 heteroatoms. The Morgan fingerprint density at radius 1 is 1.38 bits per heavy atom. The van der Waals surface area contributed by atoms with Gasteiger partial charge in [0.05, 0.1) is 6.61 Å². The lowest BCUT2D eigenvalue weighted by atomic mass is 10.2. The standard InChI is InChI=1S/C10H20N2O4/c1-4-7-15-10(14)8(11)5-6-9(13)16-12(2)3/h8H,4-7,11H2,1-3H3/t8-/m0/s1. The highest BCUT2D eigenvalue weighted by Gasteiger charge is 2.17. The Morgan fingerprint density at radius 3 is 2.50 bits per heavy atom. The molecule has 0 aliphatic rings. The van der Waals surface area contributed by atoms with Gasteiger partial charge in [-0.2, -0.15) is 0 Å². The van der Waals surface area contributed by atoms with Gasteiger partial charge in [-0.3, -0.25) is 9.59 Å². The molecule has 94 valence electrons. The fourth-order valence-corrected chi connectivity index (χ4v) is 0.950. The first-order valence-electron chi connectivity index (χ1n) is 5.27. The Hall–Kier alpha value is -1.14. The van der Waals surface area contributed by atoms with Crippen molar-refractivity contribution in [3.8, 4) is 0 Å². The van der Waals surface area contributed by atoms with Crippen molar-refractivity contribution in [1.29, 1.82) is 0 Å². The number of hydrogen-bond acceptors (Lipinski definition) is 6. The first-order valence-corrected chi connectivity index (χ1v) is 5.27. The summed E-state index contributed by atoms with van der Waals surface area (Å²) in [6.07, 6.45) is 1.08. The molecule has 0 aromatic rings. The molecule has 0 saturated heterocycles. The fraction of sp³-hybridized carbons (Fsp3) is 0.800. The van der Waals surface area contributed by atoms with Crippen LogP contribution in [0.5, 0.6) is 0 Å². The van der Waals surface area contributed by atoms with Crippen molar-refractivity contribution in [2.45, 2.75) is 32.2 Å². The summed E-state index contributed by atoms with van der Waals surface area (Å²) in [6.45, 7) is 2.25. The molecule has 2 N–H and O–H groups in total. The van der Waals surface area contributed by atoms with Crippen molar-refractivity contribution < 1.29 is 19.2 Å². The van der Waals surface area contributed by atoms with Gasteiger partial charge in [-0.25, -0.2) is 0 Å². The normalized spacial score (nSPS) is 12.3. The number of ether oxygens (including phenoxy) is 1. The fourth-order valence-electron chi connectivity index (χ4n) is 0.950. The van der Waals surface area contributed by atoms with Gasteiger partial charge in [0.15, 0.2) is 0 Å². The summed E-state index contributed by atoms with van der Waals surface area (Å²) in [5.41, 5.74) is 5.54. The van der Waals surface area contributed by atoms with E-state index in [4.69, 9.17) is 15.3 Å². The molecular formula is C10H20N2O4. The van der Waals surface area contributed by atoms with Crippen molar-refractivity contribution in [2.24, 2.45) is 5.73 Å². The van der Waals surface area contributed by atoms with Gasteiger partial charge >= 0.3 is 11.9 Å². The van der Waals surface area contributed by atoms with Gasteiger partial charge in [0.1, 0.15) is 6.04 Å². The molecule has 0 bridgehead atoms. The molecule has 0 saturated carbocycles. The zero-order chi connectivity index (χ0) is 12.6. The van der Waals surface area contributed by atoms with Gasteiger partial charge in [-0.05, 0) is 12.8 Å². The van der Waals surface area contributed by atoms with E-state index in [1.54, 1.807) is 14.1 Å². The molecule has 0 aromatic carbocycles. The molecule has 1 atom stereocenters. The minimum absolute atomic E-state index is 0.0978. The van der Waals surface area contributed by atoms with Crippen molar-refractivity contribution in [3.05, 3.63) is 0 Å². The van der Waals surface area contributed by atoms with Crippen LogP contribution in [0.1, 0.15) is 26.2 Å². The molecule has 0 aromatic heterocycles. The first-order chi connectivity index (χ1) is 7.47. The number of carbonyl (C=O) groups excluding carboxylic acids is 2. The zero-order valence-electron chi connectivity index (χ0n) is 10.1. The molecule has 0 fully saturated rings. The quantitative estimate of drug-likeness (QED) is 0.494. The van der Waals surface area contributed by atoms with Crippen LogP contribution in [-0.2, 0) is 19.2 Å². The Labute approximate surface area is 95.6 Å². The second-order valence-electron chi connectivity index (χ2n) is 3.59. The van der Waals surface area contributed by atoms with E-state index in [0.29, 0.717) is 6.61 Å². The van der Waals surface area contributed by atoms with Crippen LogP contribution in [0, 0.1) is 0 Å². The minimum atomic E-state index is -0.763. The number of hydrogen-bond donors (Lipinski definition) is 1. The summed E-state index contributed by atoms with van der Waals surface area (Å²) < 4.78 is 4.84. The van der Waals surface area contributed by atoms with Crippen molar-refractivity contribution >= 4 is 11.9 Å². The Kier molecular flexibility index (Phi) is 7.49. The number of carbonyl (C=O) groups is 2. The van der Waals surface area contributed by atoms with Crippen LogP contribution < -0.4 is 5.73 Å². The van der Waals surface area contributed by atoms with E-state index in [1.807, 2.05) is 6.92 Å². The largest absolute Gasteiger partial charge is 0.465 e. The number of hydroxylamine groups is 2. The summed E-state index contributed by atoms with van der Waals surface area (Å²) in [5, 5.41) is 1.29. The van der Waals surface area contributed by atoms with Crippen LogP contribution in [0.3, 0.4) is 0 Å². The molecule has 16 heavy (non-hydrogen) atoms. The van der Waals surface area contributed by atoms with E-state index in [0.717, 1.165) is 6.42 Å². The van der Waals surface area contributed by atoms with Gasteiger partial charge in [0.25, 0.3) is 0 Å². The third-order valence-electron chi connectivity index (χ3n) is 1.70. The maximum Gasteiger partial charge on any atom is 0.325 e. The Morgan fingerprint density at radius 2 is 2.00 bits per heavy atom. The van der Waals surface area contributed by atoms with Gasteiger partial charge in [0, 0.05) is 20.5 Å². The predicted octanol–water partition coefficient (Wildman–Crippen LogP) is 0.0669. The van der Waals surface area contributed by atoms with Gasteiger partial charge in [-0.1, -0.05) is 6.92 Å². The second-order valence-corrected chi connectivity index (χ2v) is 3.59. The Bertz CT molecular complexity index is 231. The summed E-state index contributed by atoms with van der Waals surface area (Å²) >= 11 is 0. The predicted molar refractivity (Wildman–Crippen MR) is 58.2 cm³/mol. The third kappa shape index (κ3) is 7.19. The monoisotopic (exact) mass is 232 g/mol. The molecule has 0 spiro atoms. The Balaban J connectivity index is 3.75. The lowest BCUT2D eigenvalue weighted by Gasteiger charge is -2.12. The molecule has 6 nitrogen and oxygen atoms in total. The number of esters is 1. The SMILES string of the molecule is CCCOC(=O)[C@@H](N)CCC(=O)ON(C)C. The van der Waals surface area contributed by atoms with Crippen molar-refractivity contribution in [2.75, 3.05) is 20.7 Å². The average Bonchev–Trinajstić information content (AvgIpc) is 2.21. The maximum absolute atomic E-state index is 11.2. The molecule has 0 aliphatic carbocycles. The summed E-state index contributed by atoms with van der Waals surface area (Å²) in [5.74, 6) is -0.886. The van der Waals surface area contributed by atoms with Gasteiger partial charge < -0.3 is 15.3 Å². The zero-order valence-corrected chi connectivity index (χ0v) is 10.1. The molecule has 0 heterocycles. The lowest BCUT2D eigenvalue weighted by molar-refractivity contribution is -0.178. The third-order valence-corrected chi connectivity index (χ3v) is 1.70. The van der Waals surface area contributed by atoms with Crippen LogP contribution in [0.4, 0.5) is 0 Å². The number of nitrogens with zero attached hydrogens (tertiary/aromatic N) is 1. The van der Waals surface area contributed by atoms with Gasteiger partial charge in [0.2, 0.25) is 0 Å². The molecule has 0 unspecified atom stereocenters. The highest BCUT2D eigenvalue weighted by Crippen LogP contribution is 2.00. The second kappa shape index (κ2) is 8.06.